The molecule has 0 heterocycles. The maximum absolute atomic E-state index is 12.4. The molecule has 19 heavy (non-hydrogen) atoms. The molecule has 1 aromatic carbocycles. The Bertz CT molecular complexity index is 445. The van der Waals surface area contributed by atoms with Gasteiger partial charge in [-0.2, -0.15) is 0 Å². The Morgan fingerprint density at radius 2 is 2.05 bits per heavy atom. The van der Waals surface area contributed by atoms with Gasteiger partial charge in [0.15, 0.2) is 5.78 Å². The monoisotopic (exact) mass is 328 g/mol. The third kappa shape index (κ3) is 4.05. The maximum Gasteiger partial charge on any atom is 0.168 e. The van der Waals surface area contributed by atoms with Gasteiger partial charge in [-0.05, 0) is 38.5 Å². The summed E-state index contributed by atoms with van der Waals surface area (Å²) in [6.07, 6.45) is 0.975. The molecule has 0 aromatic heterocycles. The van der Waals surface area contributed by atoms with Gasteiger partial charge in [0.1, 0.15) is 11.4 Å². The van der Waals surface area contributed by atoms with Crippen LogP contribution in [0.15, 0.2) is 22.7 Å². The molecule has 0 saturated heterocycles. The minimum atomic E-state index is -0.720. The maximum atomic E-state index is 12.4. The number of rotatable bonds is 7. The molecule has 1 aromatic rings. The molecule has 0 bridgehead atoms. The average molecular weight is 329 g/mol. The summed E-state index contributed by atoms with van der Waals surface area (Å²) in [5.74, 6) is 0.805. The molecule has 0 fully saturated rings. The van der Waals surface area contributed by atoms with Crippen molar-refractivity contribution in [1.82, 2.24) is 0 Å². The second kappa shape index (κ2) is 7.06. The fourth-order valence-corrected chi connectivity index (χ4v) is 2.35. The van der Waals surface area contributed by atoms with E-state index in [-0.39, 0.29) is 5.78 Å². The van der Waals surface area contributed by atoms with E-state index < -0.39 is 5.60 Å². The zero-order valence-corrected chi connectivity index (χ0v) is 13.5. The molecule has 0 amide bonds. The third-order valence-corrected chi connectivity index (χ3v) is 3.81. The van der Waals surface area contributed by atoms with Crippen molar-refractivity contribution in [1.29, 1.82) is 0 Å². The summed E-state index contributed by atoms with van der Waals surface area (Å²) in [6.45, 7) is 6.25. The number of methoxy groups -OCH3 is 1. The third-order valence-electron chi connectivity index (χ3n) is 3.32. The highest BCUT2D eigenvalue weighted by Crippen LogP contribution is 2.26. The lowest BCUT2D eigenvalue weighted by Gasteiger charge is -2.26. The zero-order chi connectivity index (χ0) is 14.5. The van der Waals surface area contributed by atoms with Crippen LogP contribution in [0.5, 0.6) is 5.75 Å². The van der Waals surface area contributed by atoms with Gasteiger partial charge in [0.2, 0.25) is 0 Å². The van der Waals surface area contributed by atoms with Crippen LogP contribution in [0.4, 0.5) is 0 Å². The van der Waals surface area contributed by atoms with Crippen LogP contribution in [-0.4, -0.2) is 25.1 Å². The summed E-state index contributed by atoms with van der Waals surface area (Å²) >= 11 is 3.42. The molecule has 0 spiro atoms. The van der Waals surface area contributed by atoms with Crippen molar-refractivity contribution < 1.29 is 14.3 Å². The van der Waals surface area contributed by atoms with Gasteiger partial charge in [0.05, 0.1) is 7.11 Å². The molecule has 1 unspecified atom stereocenters. The van der Waals surface area contributed by atoms with Gasteiger partial charge < -0.3 is 9.47 Å². The van der Waals surface area contributed by atoms with E-state index >= 15 is 0 Å². The molecule has 0 N–H and O–H groups in total. The van der Waals surface area contributed by atoms with E-state index in [1.807, 2.05) is 39.0 Å². The van der Waals surface area contributed by atoms with Gasteiger partial charge in [-0.25, -0.2) is 0 Å². The van der Waals surface area contributed by atoms with Gasteiger partial charge in [-0.1, -0.05) is 22.9 Å². The zero-order valence-electron chi connectivity index (χ0n) is 12.0. The Balaban J connectivity index is 2.95. The summed E-state index contributed by atoms with van der Waals surface area (Å²) in [4.78, 5) is 12.4. The number of benzene rings is 1. The quantitative estimate of drug-likeness (QED) is 0.764. The van der Waals surface area contributed by atoms with E-state index in [0.29, 0.717) is 19.4 Å². The second-order valence-corrected chi connectivity index (χ2v) is 5.49. The van der Waals surface area contributed by atoms with Crippen molar-refractivity contribution in [3.63, 3.8) is 0 Å². The molecule has 106 valence electrons. The highest BCUT2D eigenvalue weighted by atomic mass is 79.9. The number of hydrogen-bond donors (Lipinski definition) is 0. The normalized spacial score (nSPS) is 13.9. The second-order valence-electron chi connectivity index (χ2n) is 4.57. The van der Waals surface area contributed by atoms with Crippen molar-refractivity contribution in [2.75, 3.05) is 13.7 Å². The van der Waals surface area contributed by atoms with Gasteiger partial charge in [-0.15, -0.1) is 0 Å². The van der Waals surface area contributed by atoms with Crippen molar-refractivity contribution in [3.05, 3.63) is 28.2 Å². The molecule has 1 rings (SSSR count). The smallest absolute Gasteiger partial charge is 0.168 e. The van der Waals surface area contributed by atoms with Crippen LogP contribution >= 0.6 is 15.9 Å². The van der Waals surface area contributed by atoms with Gasteiger partial charge in [0, 0.05) is 23.1 Å². The van der Waals surface area contributed by atoms with Crippen LogP contribution < -0.4 is 4.74 Å². The SMILES string of the molecule is CCOC(C)(CC)C(=O)Cc1cc(Br)ccc1OC. The largest absolute Gasteiger partial charge is 0.496 e. The first-order chi connectivity index (χ1) is 8.96. The first-order valence-electron chi connectivity index (χ1n) is 6.46. The molecule has 1 atom stereocenters. The van der Waals surface area contributed by atoms with E-state index in [1.165, 1.54) is 0 Å². The van der Waals surface area contributed by atoms with Crippen LogP contribution in [0, 0.1) is 0 Å². The van der Waals surface area contributed by atoms with E-state index in [1.54, 1.807) is 7.11 Å². The lowest BCUT2D eigenvalue weighted by atomic mass is 9.92. The van der Waals surface area contributed by atoms with Crippen molar-refractivity contribution in [2.24, 2.45) is 0 Å². The molecule has 3 nitrogen and oxygen atoms in total. The summed E-state index contributed by atoms with van der Waals surface area (Å²) in [5.41, 5.74) is 0.156. The number of ketones is 1. The van der Waals surface area contributed by atoms with Crippen LogP contribution in [0.3, 0.4) is 0 Å². The first-order valence-corrected chi connectivity index (χ1v) is 7.25. The van der Waals surface area contributed by atoms with E-state index in [4.69, 9.17) is 9.47 Å². The number of Topliss-reactive ketones (excluding diaryl/α,β-unsaturated/α-hetero) is 1. The average Bonchev–Trinajstić information content (AvgIpc) is 2.39. The standard InChI is InChI=1S/C15H21BrO3/c1-5-15(3,19-6-2)14(17)10-11-9-12(16)7-8-13(11)18-4/h7-9H,5-6,10H2,1-4H3. The molecular formula is C15H21BrO3. The van der Waals surface area contributed by atoms with Gasteiger partial charge in [0.25, 0.3) is 0 Å². The van der Waals surface area contributed by atoms with Crippen molar-refractivity contribution in [3.8, 4) is 5.75 Å². The summed E-state index contributed by atoms with van der Waals surface area (Å²) in [6, 6.07) is 5.67. The van der Waals surface area contributed by atoms with E-state index in [0.717, 1.165) is 15.8 Å². The molecule has 0 aliphatic rings. The number of carbonyl (C=O) groups is 1. The lowest BCUT2D eigenvalue weighted by Crippen LogP contribution is -2.39. The van der Waals surface area contributed by atoms with Crippen molar-refractivity contribution in [2.45, 2.75) is 39.2 Å². The van der Waals surface area contributed by atoms with Crippen LogP contribution in [0.25, 0.3) is 0 Å². The lowest BCUT2D eigenvalue weighted by molar-refractivity contribution is -0.141. The fourth-order valence-electron chi connectivity index (χ4n) is 1.94. The predicted molar refractivity (Wildman–Crippen MR) is 79.7 cm³/mol. The van der Waals surface area contributed by atoms with Crippen molar-refractivity contribution >= 4 is 21.7 Å². The Morgan fingerprint density at radius 3 is 2.58 bits per heavy atom. The topological polar surface area (TPSA) is 35.5 Å². The first kappa shape index (κ1) is 16.2. The number of halogens is 1. The number of ether oxygens (including phenoxy) is 2. The summed E-state index contributed by atoms with van der Waals surface area (Å²) in [5, 5.41) is 0. The molecule has 0 radical (unpaired) electrons. The van der Waals surface area contributed by atoms with E-state index in [2.05, 4.69) is 15.9 Å². The Hall–Kier alpha value is -0.870. The fraction of sp³-hybridized carbons (Fsp3) is 0.533. The molecular weight excluding hydrogens is 308 g/mol. The minimum absolute atomic E-state index is 0.0771. The predicted octanol–water partition coefficient (Wildman–Crippen LogP) is 3.77. The van der Waals surface area contributed by atoms with Crippen LogP contribution in [-0.2, 0) is 16.0 Å². The highest BCUT2D eigenvalue weighted by molar-refractivity contribution is 9.10. The van der Waals surface area contributed by atoms with E-state index in [9.17, 15) is 4.79 Å². The summed E-state index contributed by atoms with van der Waals surface area (Å²) < 4.78 is 11.8. The minimum Gasteiger partial charge on any atom is -0.496 e. The number of carbonyl (C=O) groups excluding carboxylic acids is 1. The summed E-state index contributed by atoms with van der Waals surface area (Å²) in [7, 11) is 1.61. The number of hydrogen-bond acceptors (Lipinski definition) is 3. The molecule has 4 heteroatoms. The molecule has 0 aliphatic carbocycles. The van der Waals surface area contributed by atoms with Crippen LogP contribution in [0.2, 0.25) is 0 Å². The molecule has 0 saturated carbocycles. The van der Waals surface area contributed by atoms with Crippen LogP contribution in [0.1, 0.15) is 32.8 Å². The van der Waals surface area contributed by atoms with Gasteiger partial charge >= 0.3 is 0 Å². The Kier molecular flexibility index (Phi) is 6.01. The highest BCUT2D eigenvalue weighted by Gasteiger charge is 2.31. The Morgan fingerprint density at radius 1 is 1.37 bits per heavy atom. The van der Waals surface area contributed by atoms with Gasteiger partial charge in [-0.3, -0.25) is 4.79 Å². The Labute approximate surface area is 123 Å². The molecule has 0 aliphatic heterocycles.